The third kappa shape index (κ3) is 3.70. The van der Waals surface area contributed by atoms with E-state index in [9.17, 15) is 4.79 Å². The summed E-state index contributed by atoms with van der Waals surface area (Å²) in [6.45, 7) is 8.30. The lowest BCUT2D eigenvalue weighted by molar-refractivity contribution is -0.125. The van der Waals surface area contributed by atoms with Crippen molar-refractivity contribution in [1.29, 1.82) is 0 Å². The summed E-state index contributed by atoms with van der Waals surface area (Å²) in [6, 6.07) is 14.4. The van der Waals surface area contributed by atoms with Crippen LogP contribution < -0.4 is 9.47 Å². The summed E-state index contributed by atoms with van der Waals surface area (Å²) < 4.78 is 10.8. The van der Waals surface area contributed by atoms with Crippen LogP contribution in [0.2, 0.25) is 0 Å². The van der Waals surface area contributed by atoms with Gasteiger partial charge in [0, 0.05) is 18.7 Å². The number of hydrogen-bond donors (Lipinski definition) is 0. The molecule has 1 fully saturated rings. The van der Waals surface area contributed by atoms with Crippen LogP contribution in [0.1, 0.15) is 43.9 Å². The van der Waals surface area contributed by atoms with Crippen LogP contribution in [0.5, 0.6) is 11.5 Å². The van der Waals surface area contributed by atoms with Crippen LogP contribution in [0.25, 0.3) is 6.08 Å². The molecule has 2 aromatic carbocycles. The zero-order valence-electron chi connectivity index (χ0n) is 16.1. The molecule has 27 heavy (non-hydrogen) atoms. The zero-order valence-corrected chi connectivity index (χ0v) is 16.1. The molecule has 140 valence electrons. The van der Waals surface area contributed by atoms with Gasteiger partial charge in [-0.15, -0.1) is 0 Å². The van der Waals surface area contributed by atoms with Crippen LogP contribution in [-0.4, -0.2) is 24.1 Å². The van der Waals surface area contributed by atoms with Crippen molar-refractivity contribution in [3.05, 3.63) is 64.7 Å². The van der Waals surface area contributed by atoms with Crippen molar-refractivity contribution in [3.8, 4) is 11.5 Å². The molecule has 0 atom stereocenters. The number of nitrogens with zero attached hydrogens (tertiary/aromatic N) is 1. The standard InChI is InChI=1S/C23H25NO3/c1-23(2,3)19-7-4-16(5-8-19)14-24-11-10-18(22(24)25)12-17-6-9-20-21(13-17)27-15-26-20/h4-9,12-13H,10-11,14-15H2,1-3H3/b18-12+. The van der Waals surface area contributed by atoms with E-state index in [2.05, 4.69) is 45.0 Å². The smallest absolute Gasteiger partial charge is 0.250 e. The van der Waals surface area contributed by atoms with Gasteiger partial charge in [0.15, 0.2) is 11.5 Å². The summed E-state index contributed by atoms with van der Waals surface area (Å²) >= 11 is 0. The molecule has 0 unspecified atom stereocenters. The van der Waals surface area contributed by atoms with Gasteiger partial charge < -0.3 is 14.4 Å². The highest BCUT2D eigenvalue weighted by Crippen LogP contribution is 2.34. The Morgan fingerprint density at radius 1 is 1.04 bits per heavy atom. The molecule has 0 bridgehead atoms. The highest BCUT2D eigenvalue weighted by atomic mass is 16.7. The molecular formula is C23H25NO3. The van der Waals surface area contributed by atoms with E-state index < -0.39 is 0 Å². The number of hydrogen-bond acceptors (Lipinski definition) is 3. The molecule has 4 nitrogen and oxygen atoms in total. The Morgan fingerprint density at radius 3 is 2.52 bits per heavy atom. The Kier molecular flexibility index (Phi) is 4.42. The SMILES string of the molecule is CC(C)(C)c1ccc(CN2CC/C(=C\c3ccc4c(c3)OCO4)C2=O)cc1. The van der Waals surface area contributed by atoms with E-state index >= 15 is 0 Å². The minimum absolute atomic E-state index is 0.118. The lowest BCUT2D eigenvalue weighted by Crippen LogP contribution is -2.24. The van der Waals surface area contributed by atoms with Crippen molar-refractivity contribution in [2.45, 2.75) is 39.2 Å². The van der Waals surface area contributed by atoms with Gasteiger partial charge in [0.05, 0.1) is 0 Å². The normalized spacial score (nSPS) is 17.8. The Hall–Kier alpha value is -2.75. The Labute approximate surface area is 160 Å². The molecule has 0 radical (unpaired) electrons. The Balaban J connectivity index is 1.45. The molecule has 1 amide bonds. The molecule has 2 aliphatic rings. The largest absolute Gasteiger partial charge is 0.454 e. The number of benzene rings is 2. The summed E-state index contributed by atoms with van der Waals surface area (Å²) in [5, 5.41) is 0. The maximum atomic E-state index is 12.8. The minimum atomic E-state index is 0.118. The van der Waals surface area contributed by atoms with Gasteiger partial charge in [-0.3, -0.25) is 4.79 Å². The van der Waals surface area contributed by atoms with E-state index in [0.717, 1.165) is 35.6 Å². The van der Waals surface area contributed by atoms with Gasteiger partial charge >= 0.3 is 0 Å². The average molecular weight is 363 g/mol. The second kappa shape index (κ2) is 6.76. The molecule has 4 heteroatoms. The molecular weight excluding hydrogens is 338 g/mol. The van der Waals surface area contributed by atoms with E-state index in [4.69, 9.17) is 9.47 Å². The third-order valence-electron chi connectivity index (χ3n) is 5.14. The van der Waals surface area contributed by atoms with Gasteiger partial charge in [0.1, 0.15) is 0 Å². The monoisotopic (exact) mass is 363 g/mol. The number of ether oxygens (including phenoxy) is 2. The van der Waals surface area contributed by atoms with Gasteiger partial charge in [-0.1, -0.05) is 51.1 Å². The maximum absolute atomic E-state index is 12.8. The highest BCUT2D eigenvalue weighted by Gasteiger charge is 2.26. The van der Waals surface area contributed by atoms with E-state index in [0.29, 0.717) is 6.54 Å². The van der Waals surface area contributed by atoms with Crippen molar-refractivity contribution in [2.24, 2.45) is 0 Å². The summed E-state index contributed by atoms with van der Waals surface area (Å²) in [6.07, 6.45) is 2.74. The van der Waals surface area contributed by atoms with Gasteiger partial charge in [0.25, 0.3) is 0 Å². The first-order valence-electron chi connectivity index (χ1n) is 9.39. The van der Waals surface area contributed by atoms with Crippen molar-refractivity contribution in [1.82, 2.24) is 4.90 Å². The van der Waals surface area contributed by atoms with Crippen molar-refractivity contribution >= 4 is 12.0 Å². The first-order chi connectivity index (χ1) is 12.9. The summed E-state index contributed by atoms with van der Waals surface area (Å²) in [4.78, 5) is 14.7. The van der Waals surface area contributed by atoms with Gasteiger partial charge in [-0.05, 0) is 46.7 Å². The lowest BCUT2D eigenvalue weighted by Gasteiger charge is -2.20. The molecule has 2 aliphatic heterocycles. The van der Waals surface area contributed by atoms with Crippen LogP contribution in [0, 0.1) is 0 Å². The predicted octanol–water partition coefficient (Wildman–Crippen LogP) is 4.53. The number of carbonyl (C=O) groups is 1. The topological polar surface area (TPSA) is 38.8 Å². The molecule has 4 rings (SSSR count). The van der Waals surface area contributed by atoms with Crippen LogP contribution in [-0.2, 0) is 16.8 Å². The van der Waals surface area contributed by atoms with Crippen molar-refractivity contribution < 1.29 is 14.3 Å². The molecule has 0 aromatic heterocycles. The second-order valence-corrected chi connectivity index (χ2v) is 8.21. The first kappa shape index (κ1) is 17.7. The first-order valence-corrected chi connectivity index (χ1v) is 9.39. The minimum Gasteiger partial charge on any atom is -0.454 e. The number of likely N-dealkylation sites (tertiary alicyclic amines) is 1. The van der Waals surface area contributed by atoms with E-state index in [1.807, 2.05) is 29.2 Å². The van der Waals surface area contributed by atoms with Crippen molar-refractivity contribution in [2.75, 3.05) is 13.3 Å². The molecule has 0 spiro atoms. The number of rotatable bonds is 3. The fourth-order valence-electron chi connectivity index (χ4n) is 3.49. The number of amides is 1. The Bertz CT molecular complexity index is 891. The van der Waals surface area contributed by atoms with Gasteiger partial charge in [-0.2, -0.15) is 0 Å². The molecule has 2 heterocycles. The van der Waals surface area contributed by atoms with Crippen LogP contribution in [0.3, 0.4) is 0 Å². The summed E-state index contributed by atoms with van der Waals surface area (Å²) in [7, 11) is 0. The van der Waals surface area contributed by atoms with Crippen LogP contribution in [0.15, 0.2) is 48.0 Å². The van der Waals surface area contributed by atoms with E-state index in [-0.39, 0.29) is 18.1 Å². The molecule has 1 saturated heterocycles. The number of carbonyl (C=O) groups excluding carboxylic acids is 1. The third-order valence-corrected chi connectivity index (χ3v) is 5.14. The Morgan fingerprint density at radius 2 is 1.78 bits per heavy atom. The molecule has 0 N–H and O–H groups in total. The molecule has 0 aliphatic carbocycles. The predicted molar refractivity (Wildman–Crippen MR) is 106 cm³/mol. The van der Waals surface area contributed by atoms with Gasteiger partial charge in [-0.25, -0.2) is 0 Å². The summed E-state index contributed by atoms with van der Waals surface area (Å²) in [5.74, 6) is 1.62. The highest BCUT2D eigenvalue weighted by molar-refractivity contribution is 5.99. The van der Waals surface area contributed by atoms with Crippen LogP contribution in [0.4, 0.5) is 0 Å². The van der Waals surface area contributed by atoms with E-state index in [1.54, 1.807) is 0 Å². The van der Waals surface area contributed by atoms with Gasteiger partial charge in [0.2, 0.25) is 12.7 Å². The zero-order chi connectivity index (χ0) is 19.0. The van der Waals surface area contributed by atoms with Crippen molar-refractivity contribution in [3.63, 3.8) is 0 Å². The molecule has 2 aromatic rings. The second-order valence-electron chi connectivity index (χ2n) is 8.21. The fraction of sp³-hybridized carbons (Fsp3) is 0.348. The average Bonchev–Trinajstić information content (AvgIpc) is 3.23. The number of fused-ring (bicyclic) bond motifs is 1. The quantitative estimate of drug-likeness (QED) is 0.752. The molecule has 0 saturated carbocycles. The maximum Gasteiger partial charge on any atom is 0.250 e. The summed E-state index contributed by atoms with van der Waals surface area (Å²) in [5.41, 5.74) is 4.44. The lowest BCUT2D eigenvalue weighted by atomic mass is 9.87. The van der Waals surface area contributed by atoms with E-state index in [1.165, 1.54) is 11.1 Å². The van der Waals surface area contributed by atoms with Crippen LogP contribution >= 0.6 is 0 Å². The fourth-order valence-corrected chi connectivity index (χ4v) is 3.49.